The van der Waals surface area contributed by atoms with E-state index in [1.165, 1.54) is 49.7 Å². The zero-order valence-corrected chi connectivity index (χ0v) is 21.6. The fourth-order valence-electron chi connectivity index (χ4n) is 7.95. The smallest absolute Gasteiger partial charge is 0.338 e. The van der Waals surface area contributed by atoms with E-state index < -0.39 is 10.0 Å². The number of carbonyl (C=O) groups excluding carboxylic acids is 1. The normalized spacial score (nSPS) is 27.0. The van der Waals surface area contributed by atoms with Crippen LogP contribution in [0.5, 0.6) is 0 Å². The van der Waals surface area contributed by atoms with Gasteiger partial charge < -0.3 is 4.74 Å². The summed E-state index contributed by atoms with van der Waals surface area (Å²) in [6, 6.07) is 20.0. The van der Waals surface area contributed by atoms with E-state index >= 15 is 0 Å². The van der Waals surface area contributed by atoms with Gasteiger partial charge in [-0.1, -0.05) is 30.3 Å². The number of nitrogens with one attached hydrogen (secondary N) is 1. The summed E-state index contributed by atoms with van der Waals surface area (Å²) in [5, 5.41) is 0. The Hall–Kier alpha value is -3.12. The van der Waals surface area contributed by atoms with Crippen molar-refractivity contribution >= 4 is 21.7 Å². The van der Waals surface area contributed by atoms with Gasteiger partial charge in [-0.25, -0.2) is 13.2 Å². The number of hydrogen-bond donors (Lipinski definition) is 1. The minimum absolute atomic E-state index is 0.178. The molecular weight excluding hydrogens is 482 g/mol. The van der Waals surface area contributed by atoms with Gasteiger partial charge in [-0.15, -0.1) is 0 Å². The van der Waals surface area contributed by atoms with Gasteiger partial charge in [-0.05, 0) is 121 Å². The summed E-state index contributed by atoms with van der Waals surface area (Å²) < 4.78 is 34.7. The fourth-order valence-corrected chi connectivity index (χ4v) is 9.05. The van der Waals surface area contributed by atoms with E-state index in [4.69, 9.17) is 4.74 Å². The molecule has 37 heavy (non-hydrogen) atoms. The second-order valence-electron chi connectivity index (χ2n) is 11.8. The van der Waals surface area contributed by atoms with E-state index in [0.717, 1.165) is 35.3 Å². The van der Waals surface area contributed by atoms with Gasteiger partial charge in [0.25, 0.3) is 10.0 Å². The largest absolute Gasteiger partial charge is 0.462 e. The van der Waals surface area contributed by atoms with Crippen LogP contribution in [-0.4, -0.2) is 21.0 Å². The molecule has 190 valence electrons. The molecule has 5 aliphatic rings. The van der Waals surface area contributed by atoms with Crippen LogP contribution in [0.1, 0.15) is 60.0 Å². The Morgan fingerprint density at radius 3 is 2.19 bits per heavy atom. The first-order chi connectivity index (χ1) is 17.9. The van der Waals surface area contributed by atoms with Crippen molar-refractivity contribution in [2.24, 2.45) is 23.2 Å². The quantitative estimate of drug-likeness (QED) is 0.302. The number of fused-ring (bicyclic) bond motifs is 3. The van der Waals surface area contributed by atoms with Gasteiger partial charge in [0.2, 0.25) is 0 Å². The van der Waals surface area contributed by atoms with Crippen molar-refractivity contribution in [1.82, 2.24) is 0 Å². The number of esters is 1. The summed E-state index contributed by atoms with van der Waals surface area (Å²) in [5.41, 5.74) is 5.53. The van der Waals surface area contributed by atoms with Crippen LogP contribution in [0, 0.1) is 23.2 Å². The highest BCUT2D eigenvalue weighted by atomic mass is 32.2. The molecule has 4 bridgehead atoms. The molecule has 3 aromatic carbocycles. The van der Waals surface area contributed by atoms with Gasteiger partial charge >= 0.3 is 5.97 Å². The van der Waals surface area contributed by atoms with Gasteiger partial charge in [-0.3, -0.25) is 4.72 Å². The lowest BCUT2D eigenvalue weighted by atomic mass is 9.50. The Morgan fingerprint density at radius 2 is 1.49 bits per heavy atom. The van der Waals surface area contributed by atoms with Gasteiger partial charge in [-0.2, -0.15) is 0 Å². The molecular formula is C31H31NO4S. The average Bonchev–Trinajstić information content (AvgIpc) is 3.25. The van der Waals surface area contributed by atoms with Crippen LogP contribution < -0.4 is 4.72 Å². The molecule has 8 rings (SSSR count). The van der Waals surface area contributed by atoms with E-state index in [1.807, 2.05) is 18.2 Å². The fraction of sp³-hybridized carbons (Fsp3) is 0.387. The van der Waals surface area contributed by atoms with Crippen molar-refractivity contribution in [3.8, 4) is 11.1 Å². The van der Waals surface area contributed by atoms with E-state index in [2.05, 4.69) is 16.9 Å². The first-order valence-corrected chi connectivity index (χ1v) is 14.9. The van der Waals surface area contributed by atoms with Crippen molar-refractivity contribution in [2.75, 3.05) is 11.3 Å². The number of anilines is 1. The summed E-state index contributed by atoms with van der Waals surface area (Å²) in [5.74, 6) is 2.12. The molecule has 0 amide bonds. The second-order valence-corrected chi connectivity index (χ2v) is 13.5. The number of benzene rings is 3. The molecule has 0 atom stereocenters. The summed E-state index contributed by atoms with van der Waals surface area (Å²) in [6.07, 6.45) is 8.41. The molecule has 6 heteroatoms. The van der Waals surface area contributed by atoms with Crippen molar-refractivity contribution < 1.29 is 17.9 Å². The average molecular weight is 514 g/mol. The maximum Gasteiger partial charge on any atom is 0.338 e. The van der Waals surface area contributed by atoms with Crippen LogP contribution in [0.4, 0.5) is 5.69 Å². The van der Waals surface area contributed by atoms with E-state index in [0.29, 0.717) is 17.9 Å². The monoisotopic (exact) mass is 513 g/mol. The Bertz CT molecular complexity index is 1460. The molecule has 0 spiro atoms. The number of ether oxygens (including phenoxy) is 1. The molecule has 0 saturated heterocycles. The number of sulfonamides is 1. The Labute approximate surface area is 218 Å². The standard InChI is InChI=1S/C31H31NO4S/c33-30(36-19-31-16-20-11-21(17-31)13-22(12-20)18-31)23-5-7-26(8-6-23)32-37(34,35)27-9-10-29-25(15-27)14-24-3-1-2-4-28(24)29/h1-10,15,20-22,32H,11-14,16-19H2. The highest BCUT2D eigenvalue weighted by Crippen LogP contribution is 2.60. The van der Waals surface area contributed by atoms with Crippen LogP contribution in [0.2, 0.25) is 0 Å². The predicted octanol–water partition coefficient (Wildman–Crippen LogP) is 6.43. The first kappa shape index (κ1) is 23.0. The minimum atomic E-state index is -3.76. The highest BCUT2D eigenvalue weighted by Gasteiger charge is 2.51. The molecule has 0 heterocycles. The molecule has 3 aromatic rings. The van der Waals surface area contributed by atoms with Crippen molar-refractivity contribution in [3.63, 3.8) is 0 Å². The molecule has 1 N–H and O–H groups in total. The zero-order chi connectivity index (χ0) is 25.2. The Kier molecular flexibility index (Phi) is 5.26. The van der Waals surface area contributed by atoms with Crippen LogP contribution in [0.3, 0.4) is 0 Å². The summed E-state index contributed by atoms with van der Waals surface area (Å²) >= 11 is 0. The lowest BCUT2D eigenvalue weighted by molar-refractivity contribution is -0.0848. The predicted molar refractivity (Wildman–Crippen MR) is 143 cm³/mol. The molecule has 0 unspecified atom stereocenters. The first-order valence-electron chi connectivity index (χ1n) is 13.4. The van der Waals surface area contributed by atoms with E-state index in [-0.39, 0.29) is 16.3 Å². The maximum atomic E-state index is 13.1. The summed E-state index contributed by atoms with van der Waals surface area (Å²) in [7, 11) is -3.76. The zero-order valence-electron chi connectivity index (χ0n) is 20.8. The van der Waals surface area contributed by atoms with Gasteiger partial charge in [0.1, 0.15) is 0 Å². The van der Waals surface area contributed by atoms with Gasteiger partial charge in [0.05, 0.1) is 17.1 Å². The van der Waals surface area contributed by atoms with Crippen LogP contribution in [0.15, 0.2) is 71.6 Å². The van der Waals surface area contributed by atoms with Crippen molar-refractivity contribution in [1.29, 1.82) is 0 Å². The van der Waals surface area contributed by atoms with Crippen molar-refractivity contribution in [2.45, 2.75) is 49.8 Å². The molecule has 5 nitrogen and oxygen atoms in total. The number of rotatable bonds is 6. The topological polar surface area (TPSA) is 72.5 Å². The maximum absolute atomic E-state index is 13.1. The third kappa shape index (κ3) is 4.15. The Balaban J connectivity index is 1.01. The van der Waals surface area contributed by atoms with Crippen LogP contribution in [-0.2, 0) is 21.2 Å². The summed E-state index contributed by atoms with van der Waals surface area (Å²) in [6.45, 7) is 0.506. The van der Waals surface area contributed by atoms with Crippen LogP contribution in [0.25, 0.3) is 11.1 Å². The third-order valence-electron chi connectivity index (χ3n) is 9.12. The van der Waals surface area contributed by atoms with E-state index in [1.54, 1.807) is 36.4 Å². The molecule has 5 aliphatic carbocycles. The number of hydrogen-bond acceptors (Lipinski definition) is 4. The van der Waals surface area contributed by atoms with Crippen molar-refractivity contribution in [3.05, 3.63) is 83.4 Å². The van der Waals surface area contributed by atoms with Gasteiger partial charge in [0, 0.05) is 11.1 Å². The van der Waals surface area contributed by atoms with Gasteiger partial charge in [0.15, 0.2) is 0 Å². The van der Waals surface area contributed by atoms with Crippen LogP contribution >= 0.6 is 0 Å². The molecule has 0 radical (unpaired) electrons. The highest BCUT2D eigenvalue weighted by molar-refractivity contribution is 7.92. The SMILES string of the molecule is O=C(OCC12CC3CC(CC(C3)C1)C2)c1ccc(NS(=O)(=O)c2ccc3c(c2)Cc2ccccc2-3)cc1. The van der Waals surface area contributed by atoms with E-state index in [9.17, 15) is 13.2 Å². The lowest BCUT2D eigenvalue weighted by Gasteiger charge is -2.56. The Morgan fingerprint density at radius 1 is 0.838 bits per heavy atom. The molecule has 0 aromatic heterocycles. The second kappa shape index (κ2) is 8.45. The lowest BCUT2D eigenvalue weighted by Crippen LogP contribution is -2.48. The molecule has 0 aliphatic heterocycles. The summed E-state index contributed by atoms with van der Waals surface area (Å²) in [4.78, 5) is 13.0. The molecule has 4 fully saturated rings. The minimum Gasteiger partial charge on any atom is -0.462 e. The third-order valence-corrected chi connectivity index (χ3v) is 10.5. The molecule has 4 saturated carbocycles. The number of carbonyl (C=O) groups is 1.